The molecule has 2 aliphatic rings. The molecule has 2 fully saturated rings. The van der Waals surface area contributed by atoms with E-state index in [-0.39, 0.29) is 11.8 Å². The molecule has 1 heterocycles. The van der Waals surface area contributed by atoms with Crippen molar-refractivity contribution >= 4 is 5.91 Å². The molecule has 0 radical (unpaired) electrons. The third-order valence-electron chi connectivity index (χ3n) is 5.11. The number of benzene rings is 1. The first-order valence-electron chi connectivity index (χ1n) is 8.96. The molecule has 1 aliphatic carbocycles. The minimum atomic E-state index is 0.247. The van der Waals surface area contributed by atoms with E-state index < -0.39 is 0 Å². The number of nitrogens with zero attached hydrogens (tertiary/aromatic N) is 1. The summed E-state index contributed by atoms with van der Waals surface area (Å²) < 4.78 is 5.48. The maximum atomic E-state index is 12.3. The molecule has 23 heavy (non-hydrogen) atoms. The van der Waals surface area contributed by atoms with E-state index >= 15 is 0 Å². The van der Waals surface area contributed by atoms with Crippen LogP contribution >= 0.6 is 0 Å². The summed E-state index contributed by atoms with van der Waals surface area (Å²) in [5, 5.41) is 3.22. The molecule has 1 saturated heterocycles. The van der Waals surface area contributed by atoms with Crippen molar-refractivity contribution in [3.63, 3.8) is 0 Å². The van der Waals surface area contributed by atoms with Gasteiger partial charge in [0.1, 0.15) is 0 Å². The third-order valence-corrected chi connectivity index (χ3v) is 5.11. The quantitative estimate of drug-likeness (QED) is 0.875. The topological polar surface area (TPSA) is 41.6 Å². The van der Waals surface area contributed by atoms with Gasteiger partial charge in [-0.05, 0) is 24.8 Å². The number of hydrogen-bond acceptors (Lipinski definition) is 3. The Balaban J connectivity index is 1.58. The molecule has 1 N–H and O–H groups in total. The summed E-state index contributed by atoms with van der Waals surface area (Å²) in [6.45, 7) is 4.24. The van der Waals surface area contributed by atoms with Gasteiger partial charge in [0.25, 0.3) is 0 Å². The van der Waals surface area contributed by atoms with Crippen LogP contribution in [0.5, 0.6) is 0 Å². The number of ether oxygens (including phenoxy) is 1. The first-order valence-corrected chi connectivity index (χ1v) is 8.96. The molecule has 1 aromatic rings. The fraction of sp³-hybridized carbons (Fsp3) is 0.632. The van der Waals surface area contributed by atoms with Crippen LogP contribution in [0.2, 0.25) is 0 Å². The highest BCUT2D eigenvalue weighted by Gasteiger charge is 2.25. The maximum absolute atomic E-state index is 12.3. The molecule has 3 rings (SSSR count). The lowest BCUT2D eigenvalue weighted by Crippen LogP contribution is -2.50. The Bertz CT molecular complexity index is 479. The highest BCUT2D eigenvalue weighted by Crippen LogP contribution is 2.24. The monoisotopic (exact) mass is 316 g/mol. The summed E-state index contributed by atoms with van der Waals surface area (Å²) in [6.07, 6.45) is 5.51. The second-order valence-corrected chi connectivity index (χ2v) is 6.72. The number of rotatable bonds is 6. The zero-order valence-corrected chi connectivity index (χ0v) is 13.9. The second-order valence-electron chi connectivity index (χ2n) is 6.72. The highest BCUT2D eigenvalue weighted by molar-refractivity contribution is 5.78. The number of morpholine rings is 1. The summed E-state index contributed by atoms with van der Waals surface area (Å²) in [6, 6.07) is 10.9. The second kappa shape index (κ2) is 8.46. The smallest absolute Gasteiger partial charge is 0.223 e. The van der Waals surface area contributed by atoms with Crippen molar-refractivity contribution in [3.05, 3.63) is 35.9 Å². The summed E-state index contributed by atoms with van der Waals surface area (Å²) in [4.78, 5) is 14.8. The van der Waals surface area contributed by atoms with Crippen molar-refractivity contribution in [1.29, 1.82) is 0 Å². The first-order chi connectivity index (χ1) is 11.3. The SMILES string of the molecule is O=C(NCC(Cc1ccccc1)N1CCOCC1)C1CCCC1. The van der Waals surface area contributed by atoms with Crippen LogP contribution in [-0.2, 0) is 16.0 Å². The molecule has 4 heteroatoms. The van der Waals surface area contributed by atoms with Crippen molar-refractivity contribution in [2.45, 2.75) is 38.1 Å². The van der Waals surface area contributed by atoms with Crippen molar-refractivity contribution in [2.75, 3.05) is 32.8 Å². The largest absolute Gasteiger partial charge is 0.379 e. The van der Waals surface area contributed by atoms with Crippen LogP contribution < -0.4 is 5.32 Å². The lowest BCUT2D eigenvalue weighted by molar-refractivity contribution is -0.125. The van der Waals surface area contributed by atoms with E-state index in [0.717, 1.165) is 52.1 Å². The van der Waals surface area contributed by atoms with E-state index in [1.54, 1.807) is 0 Å². The maximum Gasteiger partial charge on any atom is 0.223 e. The minimum absolute atomic E-state index is 0.247. The number of carbonyl (C=O) groups excluding carboxylic acids is 1. The van der Waals surface area contributed by atoms with Gasteiger partial charge in [0, 0.05) is 31.6 Å². The van der Waals surface area contributed by atoms with Crippen molar-refractivity contribution < 1.29 is 9.53 Å². The molecule has 4 nitrogen and oxygen atoms in total. The fourth-order valence-electron chi connectivity index (χ4n) is 3.71. The van der Waals surface area contributed by atoms with Gasteiger partial charge < -0.3 is 10.1 Å². The van der Waals surface area contributed by atoms with E-state index in [0.29, 0.717) is 6.04 Å². The highest BCUT2D eigenvalue weighted by atomic mass is 16.5. The Labute approximate surface area is 139 Å². The molecule has 1 amide bonds. The standard InChI is InChI=1S/C19H28N2O2/c22-19(17-8-4-5-9-17)20-15-18(21-10-12-23-13-11-21)14-16-6-2-1-3-7-16/h1-3,6-7,17-18H,4-5,8-15H2,(H,20,22). The Morgan fingerprint density at radius 1 is 1.17 bits per heavy atom. The van der Waals surface area contributed by atoms with Gasteiger partial charge in [-0.1, -0.05) is 43.2 Å². The summed E-state index contributed by atoms with van der Waals surface area (Å²) in [5.74, 6) is 0.505. The van der Waals surface area contributed by atoms with E-state index in [9.17, 15) is 4.79 Å². The van der Waals surface area contributed by atoms with Gasteiger partial charge in [-0.3, -0.25) is 9.69 Å². The first kappa shape index (κ1) is 16.5. The Hall–Kier alpha value is -1.39. The lowest BCUT2D eigenvalue weighted by Gasteiger charge is -2.35. The predicted octanol–water partition coefficient (Wildman–Crippen LogP) is 2.24. The average Bonchev–Trinajstić information content (AvgIpc) is 3.15. The van der Waals surface area contributed by atoms with Crippen LogP contribution in [0, 0.1) is 5.92 Å². The van der Waals surface area contributed by atoms with Crippen LogP contribution in [0.15, 0.2) is 30.3 Å². The van der Waals surface area contributed by atoms with E-state index in [4.69, 9.17) is 4.74 Å². The van der Waals surface area contributed by atoms with Crippen LogP contribution in [0.1, 0.15) is 31.2 Å². The van der Waals surface area contributed by atoms with Crippen LogP contribution in [0.25, 0.3) is 0 Å². The van der Waals surface area contributed by atoms with Gasteiger partial charge in [0.2, 0.25) is 5.91 Å². The van der Waals surface area contributed by atoms with E-state index in [1.165, 1.54) is 18.4 Å². The molecule has 1 aliphatic heterocycles. The predicted molar refractivity (Wildman–Crippen MR) is 91.3 cm³/mol. The van der Waals surface area contributed by atoms with Crippen LogP contribution in [0.4, 0.5) is 0 Å². The van der Waals surface area contributed by atoms with Crippen molar-refractivity contribution in [1.82, 2.24) is 10.2 Å². The minimum Gasteiger partial charge on any atom is -0.379 e. The molecular weight excluding hydrogens is 288 g/mol. The van der Waals surface area contributed by atoms with E-state index in [1.807, 2.05) is 0 Å². The summed E-state index contributed by atoms with van der Waals surface area (Å²) >= 11 is 0. The molecule has 126 valence electrons. The number of hydrogen-bond donors (Lipinski definition) is 1. The van der Waals surface area contributed by atoms with E-state index in [2.05, 4.69) is 40.5 Å². The molecule has 0 spiro atoms. The molecule has 1 aromatic carbocycles. The van der Waals surface area contributed by atoms with Gasteiger partial charge >= 0.3 is 0 Å². The average molecular weight is 316 g/mol. The van der Waals surface area contributed by atoms with Crippen molar-refractivity contribution in [3.8, 4) is 0 Å². The van der Waals surface area contributed by atoms with Gasteiger partial charge in [-0.15, -0.1) is 0 Å². The van der Waals surface area contributed by atoms with Gasteiger partial charge in [0.15, 0.2) is 0 Å². The lowest BCUT2D eigenvalue weighted by atomic mass is 10.0. The van der Waals surface area contributed by atoms with Gasteiger partial charge in [-0.25, -0.2) is 0 Å². The Morgan fingerprint density at radius 3 is 2.57 bits per heavy atom. The van der Waals surface area contributed by atoms with Crippen LogP contribution in [0.3, 0.4) is 0 Å². The zero-order valence-electron chi connectivity index (χ0n) is 13.9. The fourth-order valence-corrected chi connectivity index (χ4v) is 3.71. The van der Waals surface area contributed by atoms with Crippen molar-refractivity contribution in [2.24, 2.45) is 5.92 Å². The summed E-state index contributed by atoms with van der Waals surface area (Å²) in [7, 11) is 0. The van der Waals surface area contributed by atoms with Gasteiger partial charge in [-0.2, -0.15) is 0 Å². The third kappa shape index (κ3) is 4.79. The Morgan fingerprint density at radius 2 is 1.87 bits per heavy atom. The summed E-state index contributed by atoms with van der Waals surface area (Å²) in [5.41, 5.74) is 1.33. The molecule has 1 unspecified atom stereocenters. The van der Waals surface area contributed by atoms with Crippen LogP contribution in [-0.4, -0.2) is 49.7 Å². The molecule has 1 saturated carbocycles. The zero-order chi connectivity index (χ0) is 15.9. The molecule has 0 aromatic heterocycles. The molecule has 0 bridgehead atoms. The number of amides is 1. The number of carbonyl (C=O) groups is 1. The van der Waals surface area contributed by atoms with Gasteiger partial charge in [0.05, 0.1) is 13.2 Å². The normalized spacial score (nSPS) is 21.2. The molecular formula is C19H28N2O2. The molecule has 1 atom stereocenters. The Kier molecular flexibility index (Phi) is 6.06. The number of nitrogens with one attached hydrogen (secondary N) is 1.